The number of fused-ring (bicyclic) bond motifs is 1. The van der Waals surface area contributed by atoms with Crippen molar-refractivity contribution >= 4 is 11.6 Å². The monoisotopic (exact) mass is 254 g/mol. The summed E-state index contributed by atoms with van der Waals surface area (Å²) in [4.78, 5) is 19.9. The number of anilines is 1. The highest BCUT2D eigenvalue weighted by Gasteiger charge is 2.15. The smallest absolute Gasteiger partial charge is 0.224 e. The minimum atomic E-state index is 0.0742. The third-order valence-corrected chi connectivity index (χ3v) is 3.19. The Hall–Kier alpha value is -2.27. The minimum Gasteiger partial charge on any atom is -0.326 e. The number of benzene rings is 1. The number of nitrogens with two attached hydrogens (primary N) is 1. The van der Waals surface area contributed by atoms with Gasteiger partial charge in [0.25, 0.3) is 0 Å². The Kier molecular flexibility index (Phi) is 2.97. The molecule has 2 heterocycles. The van der Waals surface area contributed by atoms with Crippen LogP contribution in [-0.4, -0.2) is 15.9 Å². The molecule has 1 aliphatic heterocycles. The van der Waals surface area contributed by atoms with Gasteiger partial charge in [-0.15, -0.1) is 0 Å². The topological polar surface area (TPSA) is 80.9 Å². The van der Waals surface area contributed by atoms with Crippen molar-refractivity contribution in [1.29, 1.82) is 0 Å². The largest absolute Gasteiger partial charge is 0.326 e. The fourth-order valence-electron chi connectivity index (χ4n) is 2.19. The van der Waals surface area contributed by atoms with Crippen LogP contribution in [0.5, 0.6) is 0 Å². The first-order valence-corrected chi connectivity index (χ1v) is 6.20. The van der Waals surface area contributed by atoms with Crippen LogP contribution in [0.1, 0.15) is 17.7 Å². The molecule has 1 aliphatic rings. The van der Waals surface area contributed by atoms with E-state index in [-0.39, 0.29) is 5.91 Å². The Balaban J connectivity index is 1.99. The maximum absolute atomic E-state index is 11.3. The lowest BCUT2D eigenvalue weighted by molar-refractivity contribution is -0.116. The molecule has 0 radical (unpaired) electrons. The molecular weight excluding hydrogens is 240 g/mol. The second-order valence-electron chi connectivity index (χ2n) is 4.52. The molecule has 0 aliphatic carbocycles. The van der Waals surface area contributed by atoms with E-state index in [0.717, 1.165) is 34.6 Å². The van der Waals surface area contributed by atoms with E-state index >= 15 is 0 Å². The zero-order valence-corrected chi connectivity index (χ0v) is 10.4. The first-order valence-electron chi connectivity index (χ1n) is 6.20. The van der Waals surface area contributed by atoms with E-state index in [1.165, 1.54) is 0 Å². The third-order valence-electron chi connectivity index (χ3n) is 3.19. The number of aryl methyl sites for hydroxylation is 1. The second kappa shape index (κ2) is 4.78. The summed E-state index contributed by atoms with van der Waals surface area (Å²) in [6.07, 6.45) is 4.69. The van der Waals surface area contributed by atoms with E-state index in [1.54, 1.807) is 12.4 Å². The molecule has 0 unspecified atom stereocenters. The molecule has 0 atom stereocenters. The Morgan fingerprint density at radius 1 is 1.26 bits per heavy atom. The predicted octanol–water partition coefficient (Wildman–Crippen LogP) is 1.49. The van der Waals surface area contributed by atoms with Gasteiger partial charge in [0, 0.05) is 30.4 Å². The standard InChI is InChI=1S/C14H14N4O/c15-6-11-7-16-8-13(17-11)10-1-3-12-9(5-10)2-4-14(19)18-12/h1,3,5,7-8H,2,4,6,15H2,(H,18,19). The number of carbonyl (C=O) groups excluding carboxylic acids is 1. The lowest BCUT2D eigenvalue weighted by Gasteiger charge is -2.17. The Labute approximate surface area is 110 Å². The van der Waals surface area contributed by atoms with Gasteiger partial charge in [-0.2, -0.15) is 0 Å². The van der Waals surface area contributed by atoms with Crippen molar-refractivity contribution in [3.63, 3.8) is 0 Å². The molecule has 0 bridgehead atoms. The third kappa shape index (κ3) is 2.32. The lowest BCUT2D eigenvalue weighted by Crippen LogP contribution is -2.18. The molecule has 96 valence electrons. The van der Waals surface area contributed by atoms with Crippen molar-refractivity contribution in [3.8, 4) is 11.3 Å². The van der Waals surface area contributed by atoms with Crippen molar-refractivity contribution in [2.45, 2.75) is 19.4 Å². The number of amides is 1. The number of hydrogen-bond acceptors (Lipinski definition) is 4. The first kappa shape index (κ1) is 11.8. The summed E-state index contributed by atoms with van der Waals surface area (Å²) < 4.78 is 0. The van der Waals surface area contributed by atoms with Gasteiger partial charge in [-0.1, -0.05) is 6.07 Å². The Morgan fingerprint density at radius 3 is 3.00 bits per heavy atom. The number of aromatic nitrogens is 2. The van der Waals surface area contributed by atoms with Gasteiger partial charge < -0.3 is 11.1 Å². The van der Waals surface area contributed by atoms with Gasteiger partial charge in [0.1, 0.15) is 0 Å². The van der Waals surface area contributed by atoms with E-state index in [9.17, 15) is 4.79 Å². The summed E-state index contributed by atoms with van der Waals surface area (Å²) in [7, 11) is 0. The molecule has 1 aromatic heterocycles. The van der Waals surface area contributed by atoms with Crippen molar-refractivity contribution < 1.29 is 4.79 Å². The van der Waals surface area contributed by atoms with Crippen molar-refractivity contribution in [2.75, 3.05) is 5.32 Å². The molecule has 0 saturated carbocycles. The summed E-state index contributed by atoms with van der Waals surface area (Å²) >= 11 is 0. The molecule has 1 aromatic carbocycles. The maximum Gasteiger partial charge on any atom is 0.224 e. The van der Waals surface area contributed by atoms with Crippen LogP contribution in [0.15, 0.2) is 30.6 Å². The minimum absolute atomic E-state index is 0.0742. The zero-order chi connectivity index (χ0) is 13.2. The molecule has 0 fully saturated rings. The summed E-state index contributed by atoms with van der Waals surface area (Å²) in [5, 5.41) is 2.87. The van der Waals surface area contributed by atoms with Crippen LogP contribution in [0.25, 0.3) is 11.3 Å². The summed E-state index contributed by atoms with van der Waals surface area (Å²) in [5.41, 5.74) is 10.2. The number of hydrogen-bond donors (Lipinski definition) is 2. The van der Waals surface area contributed by atoms with E-state index in [0.29, 0.717) is 13.0 Å². The average Bonchev–Trinajstić information content (AvgIpc) is 2.46. The Bertz CT molecular complexity index is 639. The van der Waals surface area contributed by atoms with Crippen molar-refractivity contribution in [2.24, 2.45) is 5.73 Å². The maximum atomic E-state index is 11.3. The number of carbonyl (C=O) groups is 1. The van der Waals surface area contributed by atoms with Gasteiger partial charge in [-0.25, -0.2) is 4.98 Å². The second-order valence-corrected chi connectivity index (χ2v) is 4.52. The molecule has 19 heavy (non-hydrogen) atoms. The van der Waals surface area contributed by atoms with Crippen LogP contribution in [0, 0.1) is 0 Å². The number of nitrogens with zero attached hydrogens (tertiary/aromatic N) is 2. The van der Waals surface area contributed by atoms with E-state index in [2.05, 4.69) is 21.4 Å². The van der Waals surface area contributed by atoms with Crippen LogP contribution < -0.4 is 11.1 Å². The fraction of sp³-hybridized carbons (Fsp3) is 0.214. The zero-order valence-electron chi connectivity index (χ0n) is 10.4. The van der Waals surface area contributed by atoms with Gasteiger partial charge in [0.05, 0.1) is 17.6 Å². The molecule has 5 nitrogen and oxygen atoms in total. The average molecular weight is 254 g/mol. The fourth-order valence-corrected chi connectivity index (χ4v) is 2.19. The van der Waals surface area contributed by atoms with Crippen molar-refractivity contribution in [3.05, 3.63) is 41.9 Å². The van der Waals surface area contributed by atoms with Crippen LogP contribution in [0.4, 0.5) is 5.69 Å². The number of nitrogens with one attached hydrogen (secondary N) is 1. The lowest BCUT2D eigenvalue weighted by atomic mass is 9.99. The molecule has 0 saturated heterocycles. The molecule has 3 N–H and O–H groups in total. The van der Waals surface area contributed by atoms with Gasteiger partial charge in [0.2, 0.25) is 5.91 Å². The summed E-state index contributed by atoms with van der Waals surface area (Å²) in [6, 6.07) is 5.91. The van der Waals surface area contributed by atoms with Crippen LogP contribution in [-0.2, 0) is 17.8 Å². The molecule has 1 amide bonds. The van der Waals surface area contributed by atoms with E-state index in [1.807, 2.05) is 12.1 Å². The molecular formula is C14H14N4O. The summed E-state index contributed by atoms with van der Waals surface area (Å²) in [5.74, 6) is 0.0742. The highest BCUT2D eigenvalue weighted by Crippen LogP contribution is 2.27. The van der Waals surface area contributed by atoms with Crippen LogP contribution in [0.2, 0.25) is 0 Å². The molecule has 2 aromatic rings. The van der Waals surface area contributed by atoms with E-state index in [4.69, 9.17) is 5.73 Å². The SMILES string of the molecule is NCc1cncc(-c2ccc3c(c2)CCC(=O)N3)n1. The van der Waals surface area contributed by atoms with Gasteiger partial charge in [-0.05, 0) is 24.1 Å². The summed E-state index contributed by atoms with van der Waals surface area (Å²) in [6.45, 7) is 0.377. The van der Waals surface area contributed by atoms with Crippen LogP contribution in [0.3, 0.4) is 0 Å². The van der Waals surface area contributed by atoms with Crippen molar-refractivity contribution in [1.82, 2.24) is 9.97 Å². The number of rotatable bonds is 2. The molecule has 3 rings (SSSR count). The van der Waals surface area contributed by atoms with Gasteiger partial charge >= 0.3 is 0 Å². The predicted molar refractivity (Wildman–Crippen MR) is 72.3 cm³/mol. The highest BCUT2D eigenvalue weighted by atomic mass is 16.1. The quantitative estimate of drug-likeness (QED) is 0.850. The highest BCUT2D eigenvalue weighted by molar-refractivity contribution is 5.94. The normalized spacial score (nSPS) is 13.8. The van der Waals surface area contributed by atoms with Gasteiger partial charge in [-0.3, -0.25) is 9.78 Å². The van der Waals surface area contributed by atoms with Crippen LogP contribution >= 0.6 is 0 Å². The molecule has 0 spiro atoms. The van der Waals surface area contributed by atoms with E-state index < -0.39 is 0 Å². The first-order chi connectivity index (χ1) is 9.26. The van der Waals surface area contributed by atoms with Gasteiger partial charge in [0.15, 0.2) is 0 Å². The molecule has 5 heteroatoms. The Morgan fingerprint density at radius 2 is 2.16 bits per heavy atom.